The molecule has 1 amide bonds. The smallest absolute Gasteiger partial charge is 0.248 e. The van der Waals surface area contributed by atoms with Crippen LogP contribution in [0.2, 0.25) is 5.02 Å². The lowest BCUT2D eigenvalue weighted by atomic mass is 10.0. The first-order valence-electron chi connectivity index (χ1n) is 5.31. The van der Waals surface area contributed by atoms with Gasteiger partial charge in [-0.3, -0.25) is 4.79 Å². The Hall–Kier alpha value is -1.11. The summed E-state index contributed by atoms with van der Waals surface area (Å²) in [5, 5.41) is 4.81. The first-order valence-corrected chi connectivity index (χ1v) is 7.30. The van der Waals surface area contributed by atoms with E-state index in [9.17, 15) is 13.2 Å². The van der Waals surface area contributed by atoms with Gasteiger partial charge in [0.15, 0.2) is 0 Å². The highest BCUT2D eigenvalue weighted by molar-refractivity contribution is 7.89. The van der Waals surface area contributed by atoms with E-state index in [4.69, 9.17) is 22.5 Å². The van der Waals surface area contributed by atoms with E-state index in [2.05, 4.69) is 0 Å². The van der Waals surface area contributed by atoms with E-state index in [1.165, 1.54) is 13.0 Å². The van der Waals surface area contributed by atoms with Gasteiger partial charge in [-0.25, -0.2) is 13.6 Å². The van der Waals surface area contributed by atoms with Gasteiger partial charge in [0.1, 0.15) is 0 Å². The fourth-order valence-electron chi connectivity index (χ4n) is 1.53. The van der Waals surface area contributed by atoms with Crippen LogP contribution >= 0.6 is 11.6 Å². The maximum absolute atomic E-state index is 11.2. The average Bonchev–Trinajstić information content (AvgIpc) is 2.24. The topological polar surface area (TPSA) is 103 Å². The summed E-state index contributed by atoms with van der Waals surface area (Å²) in [7, 11) is -3.57. The lowest BCUT2D eigenvalue weighted by Gasteiger charge is -2.11. The van der Waals surface area contributed by atoms with Crippen molar-refractivity contribution >= 4 is 27.5 Å². The van der Waals surface area contributed by atoms with Gasteiger partial charge in [0.05, 0.1) is 5.25 Å². The monoisotopic (exact) mass is 290 g/mol. The summed E-state index contributed by atoms with van der Waals surface area (Å²) < 4.78 is 22.2. The molecule has 1 unspecified atom stereocenters. The molecule has 1 aromatic rings. The van der Waals surface area contributed by atoms with Crippen LogP contribution < -0.4 is 10.9 Å². The van der Waals surface area contributed by atoms with E-state index in [-0.39, 0.29) is 0 Å². The SMILES string of the molecule is CC(CCc1cc(Cl)ccc1C(N)=O)S(N)(=O)=O. The second kappa shape index (κ2) is 5.69. The lowest BCUT2D eigenvalue weighted by molar-refractivity contribution is 0.0999. The van der Waals surface area contributed by atoms with Gasteiger partial charge in [-0.15, -0.1) is 0 Å². The van der Waals surface area contributed by atoms with Crippen LogP contribution in [-0.4, -0.2) is 19.6 Å². The number of carbonyl (C=O) groups excluding carboxylic acids is 1. The summed E-state index contributed by atoms with van der Waals surface area (Å²) >= 11 is 5.83. The van der Waals surface area contributed by atoms with Crippen LogP contribution in [0.4, 0.5) is 0 Å². The molecule has 1 rings (SSSR count). The molecule has 0 aliphatic carbocycles. The Morgan fingerprint density at radius 2 is 2.06 bits per heavy atom. The van der Waals surface area contributed by atoms with Crippen LogP contribution in [0.5, 0.6) is 0 Å². The molecule has 0 radical (unpaired) electrons. The number of rotatable bonds is 5. The highest BCUT2D eigenvalue weighted by Gasteiger charge is 2.17. The second-order valence-electron chi connectivity index (χ2n) is 4.10. The first kappa shape index (κ1) is 14.9. The Balaban J connectivity index is 2.91. The number of halogens is 1. The first-order chi connectivity index (χ1) is 8.21. The second-order valence-corrected chi connectivity index (χ2v) is 6.52. The van der Waals surface area contributed by atoms with Crippen molar-refractivity contribution in [3.63, 3.8) is 0 Å². The predicted octanol–water partition coefficient (Wildman–Crippen LogP) is 1.05. The molecule has 5 nitrogen and oxygen atoms in total. The minimum Gasteiger partial charge on any atom is -0.366 e. The standard InChI is InChI=1S/C11H15ClN2O3S/c1-7(18(14,16)17)2-3-8-6-9(12)4-5-10(8)11(13)15/h4-7H,2-3H2,1H3,(H2,13,15)(H2,14,16,17). The zero-order valence-corrected chi connectivity index (χ0v) is 11.5. The Morgan fingerprint density at radius 1 is 1.44 bits per heavy atom. The van der Waals surface area contributed by atoms with E-state index in [1.54, 1.807) is 12.1 Å². The molecule has 0 heterocycles. The fraction of sp³-hybridized carbons (Fsp3) is 0.364. The summed E-state index contributed by atoms with van der Waals surface area (Å²) in [4.78, 5) is 11.2. The van der Waals surface area contributed by atoms with E-state index >= 15 is 0 Å². The highest BCUT2D eigenvalue weighted by atomic mass is 35.5. The number of sulfonamides is 1. The van der Waals surface area contributed by atoms with Gasteiger partial charge < -0.3 is 5.73 Å². The summed E-state index contributed by atoms with van der Waals surface area (Å²) in [5.74, 6) is -0.565. The van der Waals surface area contributed by atoms with E-state index in [0.717, 1.165) is 0 Å². The Labute approximate surface area is 111 Å². The van der Waals surface area contributed by atoms with Crippen molar-refractivity contribution < 1.29 is 13.2 Å². The molecular formula is C11H15ClN2O3S. The molecule has 1 atom stereocenters. The molecule has 0 aliphatic rings. The van der Waals surface area contributed by atoms with E-state index < -0.39 is 21.2 Å². The van der Waals surface area contributed by atoms with E-state index in [1.807, 2.05) is 0 Å². The third-order valence-electron chi connectivity index (χ3n) is 2.71. The Bertz CT molecular complexity index is 557. The van der Waals surface area contributed by atoms with Crippen molar-refractivity contribution in [3.8, 4) is 0 Å². The van der Waals surface area contributed by atoms with Crippen molar-refractivity contribution in [1.29, 1.82) is 0 Å². The van der Waals surface area contributed by atoms with Gasteiger partial charge in [-0.1, -0.05) is 11.6 Å². The molecule has 0 saturated carbocycles. The van der Waals surface area contributed by atoms with Crippen LogP contribution in [0.1, 0.15) is 29.3 Å². The highest BCUT2D eigenvalue weighted by Crippen LogP contribution is 2.19. The largest absolute Gasteiger partial charge is 0.366 e. The number of benzene rings is 1. The summed E-state index contributed by atoms with van der Waals surface area (Å²) in [6.45, 7) is 1.52. The number of primary sulfonamides is 1. The lowest BCUT2D eigenvalue weighted by Crippen LogP contribution is -2.26. The molecule has 0 bridgehead atoms. The number of aryl methyl sites for hydroxylation is 1. The molecule has 18 heavy (non-hydrogen) atoms. The predicted molar refractivity (Wildman–Crippen MR) is 70.9 cm³/mol. The molecule has 0 spiro atoms. The molecular weight excluding hydrogens is 276 g/mol. The zero-order valence-electron chi connectivity index (χ0n) is 9.89. The number of primary amides is 1. The maximum atomic E-state index is 11.2. The van der Waals surface area contributed by atoms with Crippen molar-refractivity contribution in [3.05, 3.63) is 34.3 Å². The van der Waals surface area contributed by atoms with Crippen LogP contribution in [0.25, 0.3) is 0 Å². The average molecular weight is 291 g/mol. The summed E-state index contributed by atoms with van der Waals surface area (Å²) in [5.41, 5.74) is 6.21. The molecule has 4 N–H and O–H groups in total. The number of amides is 1. The normalized spacial score (nSPS) is 13.3. The van der Waals surface area contributed by atoms with Crippen molar-refractivity contribution in [2.24, 2.45) is 10.9 Å². The molecule has 0 saturated heterocycles. The fourth-order valence-corrected chi connectivity index (χ4v) is 2.17. The minimum atomic E-state index is -3.57. The number of hydrogen-bond donors (Lipinski definition) is 2. The molecule has 0 aliphatic heterocycles. The van der Waals surface area contributed by atoms with Crippen molar-refractivity contribution in [2.75, 3.05) is 0 Å². The summed E-state index contributed by atoms with van der Waals surface area (Å²) in [6.07, 6.45) is 0.676. The number of carbonyl (C=O) groups is 1. The third-order valence-corrected chi connectivity index (χ3v) is 4.31. The summed E-state index contributed by atoms with van der Waals surface area (Å²) in [6, 6.07) is 4.70. The van der Waals surface area contributed by atoms with Crippen LogP contribution in [-0.2, 0) is 16.4 Å². The Kier molecular flexibility index (Phi) is 4.72. The molecule has 100 valence electrons. The molecule has 7 heteroatoms. The van der Waals surface area contributed by atoms with Crippen molar-refractivity contribution in [1.82, 2.24) is 0 Å². The quantitative estimate of drug-likeness (QED) is 0.847. The van der Waals surface area contributed by atoms with E-state index in [0.29, 0.717) is 29.0 Å². The molecule has 0 fully saturated rings. The van der Waals surface area contributed by atoms with Crippen LogP contribution in [0, 0.1) is 0 Å². The zero-order chi connectivity index (χ0) is 13.9. The molecule has 1 aromatic carbocycles. The van der Waals surface area contributed by atoms with Gasteiger partial charge in [0.25, 0.3) is 0 Å². The number of nitrogens with two attached hydrogens (primary N) is 2. The minimum absolute atomic E-state index is 0.305. The van der Waals surface area contributed by atoms with Crippen LogP contribution in [0.3, 0.4) is 0 Å². The Morgan fingerprint density at radius 3 is 2.56 bits per heavy atom. The van der Waals surface area contributed by atoms with Crippen molar-refractivity contribution in [2.45, 2.75) is 25.0 Å². The van der Waals surface area contributed by atoms with Crippen LogP contribution in [0.15, 0.2) is 18.2 Å². The van der Waals surface area contributed by atoms with Gasteiger partial charge in [-0.05, 0) is 43.5 Å². The van der Waals surface area contributed by atoms with Gasteiger partial charge >= 0.3 is 0 Å². The third kappa shape index (κ3) is 3.97. The number of hydrogen-bond acceptors (Lipinski definition) is 3. The maximum Gasteiger partial charge on any atom is 0.248 e. The van der Waals surface area contributed by atoms with Gasteiger partial charge in [-0.2, -0.15) is 0 Å². The van der Waals surface area contributed by atoms with Gasteiger partial charge in [0, 0.05) is 10.6 Å². The van der Waals surface area contributed by atoms with Gasteiger partial charge in [0.2, 0.25) is 15.9 Å². The molecule has 0 aromatic heterocycles.